The van der Waals surface area contributed by atoms with Crippen molar-refractivity contribution in [3.8, 4) is 23.1 Å². The van der Waals surface area contributed by atoms with Crippen molar-refractivity contribution >= 4 is 12.2 Å². The highest BCUT2D eigenvalue weighted by atomic mass is 19.1. The molecule has 134 valence electrons. The second-order valence-electron chi connectivity index (χ2n) is 5.38. The van der Waals surface area contributed by atoms with Crippen molar-refractivity contribution in [2.45, 2.75) is 0 Å². The van der Waals surface area contributed by atoms with Crippen molar-refractivity contribution in [2.75, 3.05) is 12.5 Å². The maximum absolute atomic E-state index is 13.7. The summed E-state index contributed by atoms with van der Waals surface area (Å²) in [6.07, 6.45) is 1.36. The molecule has 7 nitrogen and oxygen atoms in total. The molecule has 0 aliphatic carbocycles. The van der Waals surface area contributed by atoms with Crippen LogP contribution in [0.15, 0.2) is 58.4 Å². The molecule has 3 aromatic rings. The number of rotatable bonds is 5. The molecule has 0 saturated heterocycles. The summed E-state index contributed by atoms with van der Waals surface area (Å²) in [6.45, 7) is 0. The van der Waals surface area contributed by atoms with E-state index < -0.39 is 11.4 Å². The third kappa shape index (κ3) is 3.99. The van der Waals surface area contributed by atoms with Crippen LogP contribution in [0.5, 0.6) is 5.75 Å². The number of hydrazone groups is 1. The molecular weight excluding hydrogens is 349 g/mol. The van der Waals surface area contributed by atoms with Crippen LogP contribution in [-0.4, -0.2) is 23.3 Å². The van der Waals surface area contributed by atoms with Gasteiger partial charge in [0.25, 0.3) is 5.56 Å². The number of anilines is 1. The molecule has 8 heteroatoms. The molecule has 2 aromatic carbocycles. The molecular formula is C19H14FN5O2. The standard InChI is InChI=1S/C19H14FN5O2/c1-27-16-8-7-12(9-15(16)20)11-22-25-19-23-17(13-5-3-2-4-6-13)14(10-21)18(26)24-19/h2-9,11H,1H3,(H2,23,24,25,26). The lowest BCUT2D eigenvalue weighted by Gasteiger charge is -2.06. The second kappa shape index (κ2) is 7.93. The first-order chi connectivity index (χ1) is 13.1. The molecule has 0 unspecified atom stereocenters. The molecule has 0 radical (unpaired) electrons. The summed E-state index contributed by atoms with van der Waals surface area (Å²) in [5.74, 6) is -0.327. The van der Waals surface area contributed by atoms with Gasteiger partial charge in [0.1, 0.15) is 11.6 Å². The second-order valence-corrected chi connectivity index (χ2v) is 5.38. The van der Waals surface area contributed by atoms with Gasteiger partial charge in [0.2, 0.25) is 5.95 Å². The van der Waals surface area contributed by atoms with E-state index >= 15 is 0 Å². The molecule has 27 heavy (non-hydrogen) atoms. The smallest absolute Gasteiger partial charge is 0.270 e. The van der Waals surface area contributed by atoms with Crippen molar-refractivity contribution in [1.82, 2.24) is 9.97 Å². The first kappa shape index (κ1) is 17.8. The van der Waals surface area contributed by atoms with Crippen LogP contribution in [-0.2, 0) is 0 Å². The minimum Gasteiger partial charge on any atom is -0.494 e. The van der Waals surface area contributed by atoms with Crippen molar-refractivity contribution < 1.29 is 9.13 Å². The lowest BCUT2D eigenvalue weighted by molar-refractivity contribution is 0.386. The Hall–Kier alpha value is -3.99. The van der Waals surface area contributed by atoms with Crippen LogP contribution in [0.1, 0.15) is 11.1 Å². The van der Waals surface area contributed by atoms with Crippen molar-refractivity contribution in [3.05, 3.63) is 75.8 Å². The fraction of sp³-hybridized carbons (Fsp3) is 0.0526. The average molecular weight is 363 g/mol. The Bertz CT molecular complexity index is 1090. The van der Waals surface area contributed by atoms with Gasteiger partial charge in [0, 0.05) is 5.56 Å². The van der Waals surface area contributed by atoms with Crippen LogP contribution in [0.2, 0.25) is 0 Å². The molecule has 0 fully saturated rings. The quantitative estimate of drug-likeness (QED) is 0.536. The summed E-state index contributed by atoms with van der Waals surface area (Å²) >= 11 is 0. The summed E-state index contributed by atoms with van der Waals surface area (Å²) < 4.78 is 18.5. The maximum Gasteiger partial charge on any atom is 0.270 e. The van der Waals surface area contributed by atoms with Gasteiger partial charge in [0.05, 0.1) is 19.0 Å². The number of aromatic amines is 1. The fourth-order valence-electron chi connectivity index (χ4n) is 2.37. The predicted octanol–water partition coefficient (Wildman–Crippen LogP) is 2.90. The molecule has 3 rings (SSSR count). The van der Waals surface area contributed by atoms with Gasteiger partial charge in [-0.1, -0.05) is 30.3 Å². The number of methoxy groups -OCH3 is 1. The predicted molar refractivity (Wildman–Crippen MR) is 99.2 cm³/mol. The fourth-order valence-corrected chi connectivity index (χ4v) is 2.37. The number of ether oxygens (including phenoxy) is 1. The van der Waals surface area contributed by atoms with Gasteiger partial charge in [-0.25, -0.2) is 14.8 Å². The summed E-state index contributed by atoms with van der Waals surface area (Å²) in [7, 11) is 1.38. The highest BCUT2D eigenvalue weighted by Crippen LogP contribution is 2.19. The molecule has 0 spiro atoms. The molecule has 0 amide bonds. The van der Waals surface area contributed by atoms with Gasteiger partial charge in [-0.3, -0.25) is 9.78 Å². The number of hydrogen-bond acceptors (Lipinski definition) is 6. The Labute approximate surface area is 153 Å². The number of nitriles is 1. The minimum atomic E-state index is -0.584. The van der Waals surface area contributed by atoms with Crippen LogP contribution in [0.4, 0.5) is 10.3 Å². The highest BCUT2D eigenvalue weighted by Gasteiger charge is 2.12. The van der Waals surface area contributed by atoms with E-state index in [-0.39, 0.29) is 23.0 Å². The number of benzene rings is 2. The first-order valence-corrected chi connectivity index (χ1v) is 7.85. The normalized spacial score (nSPS) is 10.6. The number of H-pyrrole nitrogens is 1. The SMILES string of the molecule is COc1ccc(C=NNc2nc(-c3ccccc3)c(C#N)c(=O)[nH]2)cc1F. The largest absolute Gasteiger partial charge is 0.494 e. The van der Waals surface area contributed by atoms with E-state index in [1.165, 1.54) is 25.5 Å². The average Bonchev–Trinajstić information content (AvgIpc) is 2.68. The van der Waals surface area contributed by atoms with E-state index in [4.69, 9.17) is 4.74 Å². The third-order valence-electron chi connectivity index (χ3n) is 3.64. The Morgan fingerprint density at radius 1 is 1.30 bits per heavy atom. The summed E-state index contributed by atoms with van der Waals surface area (Å²) in [6, 6.07) is 15.1. The maximum atomic E-state index is 13.7. The Kier molecular flexibility index (Phi) is 5.23. The topological polar surface area (TPSA) is 103 Å². The van der Waals surface area contributed by atoms with Crippen LogP contribution >= 0.6 is 0 Å². The number of aromatic nitrogens is 2. The van der Waals surface area contributed by atoms with Crippen LogP contribution in [0, 0.1) is 17.1 Å². The molecule has 1 heterocycles. The van der Waals surface area contributed by atoms with Gasteiger partial charge in [-0.05, 0) is 23.8 Å². The summed E-state index contributed by atoms with van der Waals surface area (Å²) in [5, 5.41) is 13.2. The lowest BCUT2D eigenvalue weighted by atomic mass is 10.1. The molecule has 2 N–H and O–H groups in total. The van der Waals surface area contributed by atoms with E-state index in [1.54, 1.807) is 30.3 Å². The molecule has 1 aromatic heterocycles. The van der Waals surface area contributed by atoms with Gasteiger partial charge in [-0.15, -0.1) is 0 Å². The van der Waals surface area contributed by atoms with E-state index in [9.17, 15) is 14.4 Å². The molecule has 0 saturated carbocycles. The number of nitrogens with zero attached hydrogens (tertiary/aromatic N) is 3. The van der Waals surface area contributed by atoms with E-state index in [1.807, 2.05) is 12.1 Å². The number of nitrogens with one attached hydrogen (secondary N) is 2. The summed E-state index contributed by atoms with van der Waals surface area (Å²) in [4.78, 5) is 18.8. The van der Waals surface area contributed by atoms with Crippen molar-refractivity contribution in [1.29, 1.82) is 5.26 Å². The molecule has 0 atom stereocenters. The Morgan fingerprint density at radius 3 is 2.74 bits per heavy atom. The van der Waals surface area contributed by atoms with E-state index in [0.717, 1.165) is 0 Å². The van der Waals surface area contributed by atoms with Gasteiger partial charge in [0.15, 0.2) is 11.6 Å². The van der Waals surface area contributed by atoms with Crippen LogP contribution in [0.25, 0.3) is 11.3 Å². The van der Waals surface area contributed by atoms with Gasteiger partial charge < -0.3 is 4.74 Å². The van der Waals surface area contributed by atoms with E-state index in [0.29, 0.717) is 11.1 Å². The molecule has 0 bridgehead atoms. The van der Waals surface area contributed by atoms with Crippen molar-refractivity contribution in [3.63, 3.8) is 0 Å². The minimum absolute atomic E-state index is 0.0584. The lowest BCUT2D eigenvalue weighted by Crippen LogP contribution is -2.16. The zero-order valence-electron chi connectivity index (χ0n) is 14.2. The molecule has 0 aliphatic rings. The Balaban J connectivity index is 1.88. The van der Waals surface area contributed by atoms with E-state index in [2.05, 4.69) is 20.5 Å². The third-order valence-corrected chi connectivity index (χ3v) is 3.64. The zero-order chi connectivity index (χ0) is 19.2. The Morgan fingerprint density at radius 2 is 2.07 bits per heavy atom. The highest BCUT2D eigenvalue weighted by molar-refractivity contribution is 5.80. The summed E-state index contributed by atoms with van der Waals surface area (Å²) in [5.41, 5.74) is 3.27. The first-order valence-electron chi connectivity index (χ1n) is 7.85. The molecule has 0 aliphatic heterocycles. The monoisotopic (exact) mass is 363 g/mol. The van der Waals surface area contributed by atoms with Gasteiger partial charge >= 0.3 is 0 Å². The number of hydrogen-bond donors (Lipinski definition) is 2. The van der Waals surface area contributed by atoms with Crippen molar-refractivity contribution in [2.24, 2.45) is 5.10 Å². The van der Waals surface area contributed by atoms with Crippen LogP contribution < -0.4 is 15.7 Å². The van der Waals surface area contributed by atoms with Crippen LogP contribution in [0.3, 0.4) is 0 Å². The zero-order valence-corrected chi connectivity index (χ0v) is 14.2. The van der Waals surface area contributed by atoms with Gasteiger partial charge in [-0.2, -0.15) is 10.4 Å². The number of halogens is 1.